The second kappa shape index (κ2) is 4.31. The molecule has 0 fully saturated rings. The van der Waals surface area contributed by atoms with E-state index in [0.29, 0.717) is 22.2 Å². The van der Waals surface area contributed by atoms with Gasteiger partial charge in [0.1, 0.15) is 11.5 Å². The van der Waals surface area contributed by atoms with E-state index >= 15 is 0 Å². The van der Waals surface area contributed by atoms with Crippen LogP contribution >= 0.6 is 0 Å². The van der Waals surface area contributed by atoms with Crippen LogP contribution in [-0.2, 0) is 0 Å². The summed E-state index contributed by atoms with van der Waals surface area (Å²) in [5, 5.41) is 0.506. The van der Waals surface area contributed by atoms with Gasteiger partial charge < -0.3 is 4.98 Å². The lowest BCUT2D eigenvalue weighted by Gasteiger charge is -2.01. The average molecular weight is 254 g/mol. The van der Waals surface area contributed by atoms with Crippen molar-refractivity contribution < 1.29 is 9.18 Å². The average Bonchev–Trinajstić information content (AvgIpc) is 2.80. The monoisotopic (exact) mass is 254 g/mol. The fraction of sp³-hybridized carbons (Fsp3) is 0.0667. The molecule has 0 aliphatic rings. The minimum atomic E-state index is -0.453. The van der Waals surface area contributed by atoms with Gasteiger partial charge in [-0.25, -0.2) is 9.37 Å². The summed E-state index contributed by atoms with van der Waals surface area (Å²) in [5.41, 5.74) is 2.55. The molecule has 4 heteroatoms. The summed E-state index contributed by atoms with van der Waals surface area (Å²) in [7, 11) is 0. The highest BCUT2D eigenvalue weighted by molar-refractivity contribution is 6.15. The zero-order valence-electron chi connectivity index (χ0n) is 10.3. The van der Waals surface area contributed by atoms with Gasteiger partial charge in [0.15, 0.2) is 5.78 Å². The van der Waals surface area contributed by atoms with Crippen molar-refractivity contribution in [2.24, 2.45) is 0 Å². The lowest BCUT2D eigenvalue weighted by atomic mass is 10.0. The van der Waals surface area contributed by atoms with E-state index in [9.17, 15) is 9.18 Å². The van der Waals surface area contributed by atoms with Gasteiger partial charge in [-0.3, -0.25) is 4.79 Å². The van der Waals surface area contributed by atoms with Gasteiger partial charge in [0, 0.05) is 22.7 Å². The molecular formula is C15H11FN2O. The third-order valence-corrected chi connectivity index (χ3v) is 3.02. The quantitative estimate of drug-likeness (QED) is 0.713. The van der Waals surface area contributed by atoms with Crippen molar-refractivity contribution in [2.45, 2.75) is 6.92 Å². The van der Waals surface area contributed by atoms with Gasteiger partial charge in [0.25, 0.3) is 0 Å². The zero-order chi connectivity index (χ0) is 13.4. The van der Waals surface area contributed by atoms with Crippen molar-refractivity contribution in [1.82, 2.24) is 9.97 Å². The van der Waals surface area contributed by atoms with Crippen LogP contribution in [0.15, 0.2) is 42.7 Å². The van der Waals surface area contributed by atoms with Crippen molar-refractivity contribution in [1.29, 1.82) is 0 Å². The Morgan fingerprint density at radius 3 is 2.95 bits per heavy atom. The van der Waals surface area contributed by atoms with E-state index in [1.165, 1.54) is 6.07 Å². The summed E-state index contributed by atoms with van der Waals surface area (Å²) < 4.78 is 13.2. The molecule has 0 atom stereocenters. The van der Waals surface area contributed by atoms with Crippen LogP contribution in [0, 0.1) is 12.7 Å². The first-order valence-corrected chi connectivity index (χ1v) is 5.89. The lowest BCUT2D eigenvalue weighted by Crippen LogP contribution is -2.00. The Hall–Kier alpha value is -2.49. The first-order chi connectivity index (χ1) is 9.15. The summed E-state index contributed by atoms with van der Waals surface area (Å²) >= 11 is 0. The molecule has 3 rings (SSSR count). The second-order valence-corrected chi connectivity index (χ2v) is 4.45. The first kappa shape index (κ1) is 11.6. The Kier molecular flexibility index (Phi) is 2.63. The van der Waals surface area contributed by atoms with Gasteiger partial charge in [-0.05, 0) is 19.1 Å². The molecule has 0 unspecified atom stereocenters. The number of carbonyl (C=O) groups excluding carboxylic acids is 1. The number of aryl methyl sites for hydroxylation is 1. The van der Waals surface area contributed by atoms with Crippen LogP contribution in [0.4, 0.5) is 4.39 Å². The van der Waals surface area contributed by atoms with Gasteiger partial charge in [0.05, 0.1) is 6.20 Å². The van der Waals surface area contributed by atoms with E-state index in [1.54, 1.807) is 12.3 Å². The maximum absolute atomic E-state index is 13.2. The molecule has 0 aliphatic heterocycles. The van der Waals surface area contributed by atoms with E-state index in [2.05, 4.69) is 9.97 Å². The lowest BCUT2D eigenvalue weighted by molar-refractivity contribution is 0.104. The van der Waals surface area contributed by atoms with Crippen LogP contribution in [0.5, 0.6) is 0 Å². The molecule has 0 aliphatic carbocycles. The Balaban J connectivity index is 2.14. The molecule has 1 N–H and O–H groups in total. The molecule has 19 heavy (non-hydrogen) atoms. The zero-order valence-corrected chi connectivity index (χ0v) is 10.3. The summed E-state index contributed by atoms with van der Waals surface area (Å²) in [5.74, 6) is -0.590. The summed E-state index contributed by atoms with van der Waals surface area (Å²) in [6, 6.07) is 8.64. The van der Waals surface area contributed by atoms with E-state index < -0.39 is 5.82 Å². The van der Waals surface area contributed by atoms with Crippen molar-refractivity contribution in [3.05, 3.63) is 65.2 Å². The van der Waals surface area contributed by atoms with Crippen LogP contribution < -0.4 is 0 Å². The molecule has 2 aromatic heterocycles. The topological polar surface area (TPSA) is 45.8 Å². The highest BCUT2D eigenvalue weighted by Crippen LogP contribution is 2.20. The predicted octanol–water partition coefficient (Wildman–Crippen LogP) is 3.24. The number of carbonyl (C=O) groups is 1. The second-order valence-electron chi connectivity index (χ2n) is 4.45. The summed E-state index contributed by atoms with van der Waals surface area (Å²) in [4.78, 5) is 19.2. The number of hydrogen-bond acceptors (Lipinski definition) is 2. The Bertz CT molecular complexity index is 777. The van der Waals surface area contributed by atoms with Gasteiger partial charge in [-0.15, -0.1) is 0 Å². The third kappa shape index (κ3) is 2.01. The Labute approximate surface area is 109 Å². The number of pyridine rings is 1. The predicted molar refractivity (Wildman–Crippen MR) is 70.7 cm³/mol. The Morgan fingerprint density at radius 1 is 1.32 bits per heavy atom. The first-order valence-electron chi connectivity index (χ1n) is 5.89. The molecule has 1 aromatic carbocycles. The minimum absolute atomic E-state index is 0.137. The smallest absolute Gasteiger partial charge is 0.195 e. The number of ketones is 1. The summed E-state index contributed by atoms with van der Waals surface area (Å²) in [6.07, 6.45) is 2.70. The Morgan fingerprint density at radius 2 is 2.16 bits per heavy atom. The molecule has 94 valence electrons. The standard InChI is InChI=1S/C15H11FN2O/c1-9-3-2-4-10(5-9)14(19)13-8-18-15-12(13)6-11(16)7-17-15/h2-8H,1H3,(H,17,18). The van der Waals surface area contributed by atoms with E-state index in [1.807, 2.05) is 25.1 Å². The fourth-order valence-electron chi connectivity index (χ4n) is 2.11. The van der Waals surface area contributed by atoms with Crippen LogP contribution in [0.2, 0.25) is 0 Å². The third-order valence-electron chi connectivity index (χ3n) is 3.02. The number of nitrogens with one attached hydrogen (secondary N) is 1. The number of halogens is 1. The summed E-state index contributed by atoms with van der Waals surface area (Å²) in [6.45, 7) is 1.92. The minimum Gasteiger partial charge on any atom is -0.345 e. The highest BCUT2D eigenvalue weighted by atomic mass is 19.1. The maximum atomic E-state index is 13.2. The van der Waals surface area contributed by atoms with E-state index in [0.717, 1.165) is 11.8 Å². The SMILES string of the molecule is Cc1cccc(C(=O)c2c[nH]c3ncc(F)cc23)c1. The fourth-order valence-corrected chi connectivity index (χ4v) is 2.11. The molecule has 0 amide bonds. The number of benzene rings is 1. The van der Waals surface area contributed by atoms with Gasteiger partial charge in [-0.1, -0.05) is 23.8 Å². The molecule has 2 heterocycles. The number of H-pyrrole nitrogens is 1. The molecule has 3 nitrogen and oxygen atoms in total. The van der Waals surface area contributed by atoms with Crippen molar-refractivity contribution in [3.63, 3.8) is 0 Å². The molecule has 0 spiro atoms. The number of aromatic amines is 1. The maximum Gasteiger partial charge on any atom is 0.195 e. The normalized spacial score (nSPS) is 10.8. The van der Waals surface area contributed by atoms with Gasteiger partial charge in [-0.2, -0.15) is 0 Å². The number of aromatic nitrogens is 2. The molecule has 0 saturated heterocycles. The van der Waals surface area contributed by atoms with E-state index in [-0.39, 0.29) is 5.78 Å². The van der Waals surface area contributed by atoms with Gasteiger partial charge in [0.2, 0.25) is 0 Å². The molecule has 3 aromatic rings. The van der Waals surface area contributed by atoms with Crippen molar-refractivity contribution in [3.8, 4) is 0 Å². The number of nitrogens with zero attached hydrogens (tertiary/aromatic N) is 1. The van der Waals surface area contributed by atoms with Crippen LogP contribution in [-0.4, -0.2) is 15.8 Å². The molecule has 0 bridgehead atoms. The number of fused-ring (bicyclic) bond motifs is 1. The van der Waals surface area contributed by atoms with Crippen LogP contribution in [0.3, 0.4) is 0 Å². The van der Waals surface area contributed by atoms with Crippen molar-refractivity contribution in [2.75, 3.05) is 0 Å². The highest BCUT2D eigenvalue weighted by Gasteiger charge is 2.15. The molecule has 0 radical (unpaired) electrons. The van der Waals surface area contributed by atoms with E-state index in [4.69, 9.17) is 0 Å². The number of hydrogen-bond donors (Lipinski definition) is 1. The molecule has 0 saturated carbocycles. The van der Waals surface area contributed by atoms with Crippen LogP contribution in [0.25, 0.3) is 11.0 Å². The van der Waals surface area contributed by atoms with Gasteiger partial charge >= 0.3 is 0 Å². The largest absolute Gasteiger partial charge is 0.345 e. The number of rotatable bonds is 2. The van der Waals surface area contributed by atoms with Crippen LogP contribution in [0.1, 0.15) is 21.5 Å². The molecular weight excluding hydrogens is 243 g/mol. The van der Waals surface area contributed by atoms with Crippen molar-refractivity contribution >= 4 is 16.8 Å².